The molecule has 6 heteroatoms. The summed E-state index contributed by atoms with van der Waals surface area (Å²) in [4.78, 5) is 23.4. The van der Waals surface area contributed by atoms with Gasteiger partial charge in [-0.3, -0.25) is 9.59 Å². The Kier molecular flexibility index (Phi) is 6.27. The number of carbonyl (C=O) groups excluding carboxylic acids is 2. The maximum Gasteiger partial charge on any atom is 0.234 e. The van der Waals surface area contributed by atoms with Gasteiger partial charge in [0.1, 0.15) is 0 Å². The van der Waals surface area contributed by atoms with Gasteiger partial charge in [-0.1, -0.05) is 12.1 Å². The van der Waals surface area contributed by atoms with Crippen molar-refractivity contribution in [3.63, 3.8) is 0 Å². The molecule has 3 N–H and O–H groups in total. The lowest BCUT2D eigenvalue weighted by Gasteiger charge is -2.10. The first kappa shape index (κ1) is 16.8. The highest BCUT2D eigenvalue weighted by atomic mass is 32.2. The number of carbonyl (C=O) groups is 2. The maximum atomic E-state index is 11.8. The van der Waals surface area contributed by atoms with Crippen LogP contribution in [0.15, 0.2) is 24.3 Å². The van der Waals surface area contributed by atoms with Crippen LogP contribution >= 0.6 is 11.8 Å². The third-order valence-corrected chi connectivity index (χ3v) is 4.38. The monoisotopic (exact) mass is 322 g/mol. The minimum atomic E-state index is -0.432. The third-order valence-electron chi connectivity index (χ3n) is 3.44. The van der Waals surface area contributed by atoms with Crippen LogP contribution in [0.5, 0.6) is 0 Å². The molecule has 2 rings (SSSR count). The lowest BCUT2D eigenvalue weighted by Crippen LogP contribution is -2.34. The number of thioether (sulfide) groups is 1. The van der Waals surface area contributed by atoms with Crippen LogP contribution in [0, 0.1) is 12.8 Å². The van der Waals surface area contributed by atoms with Gasteiger partial charge in [-0.15, -0.1) is 11.8 Å². The van der Waals surface area contributed by atoms with E-state index < -0.39 is 6.10 Å². The van der Waals surface area contributed by atoms with Crippen molar-refractivity contribution in [2.75, 3.05) is 23.4 Å². The summed E-state index contributed by atoms with van der Waals surface area (Å²) in [6.07, 6.45) is 1.66. The number of anilines is 1. The van der Waals surface area contributed by atoms with Gasteiger partial charge in [-0.25, -0.2) is 0 Å². The normalized spacial score (nSPS) is 15.2. The van der Waals surface area contributed by atoms with Gasteiger partial charge in [-0.2, -0.15) is 0 Å². The smallest absolute Gasteiger partial charge is 0.234 e. The third kappa shape index (κ3) is 6.07. The van der Waals surface area contributed by atoms with E-state index in [4.69, 9.17) is 0 Å². The molecular weight excluding hydrogens is 300 g/mol. The van der Waals surface area contributed by atoms with E-state index in [1.54, 1.807) is 0 Å². The molecule has 0 spiro atoms. The number of hydrogen-bond acceptors (Lipinski definition) is 4. The Hall–Kier alpha value is -1.53. The van der Waals surface area contributed by atoms with Gasteiger partial charge in [0.25, 0.3) is 0 Å². The highest BCUT2D eigenvalue weighted by Gasteiger charge is 2.29. The van der Waals surface area contributed by atoms with E-state index in [2.05, 4.69) is 10.6 Å². The zero-order valence-corrected chi connectivity index (χ0v) is 13.5. The molecule has 0 saturated heterocycles. The first-order chi connectivity index (χ1) is 10.5. The Balaban J connectivity index is 1.58. The van der Waals surface area contributed by atoms with E-state index in [1.165, 1.54) is 11.8 Å². The second-order valence-corrected chi connectivity index (χ2v) is 6.60. The van der Waals surface area contributed by atoms with Crippen LogP contribution in [0.3, 0.4) is 0 Å². The Morgan fingerprint density at radius 1 is 1.32 bits per heavy atom. The average Bonchev–Trinajstić information content (AvgIpc) is 3.29. The molecule has 1 unspecified atom stereocenters. The van der Waals surface area contributed by atoms with Crippen molar-refractivity contribution < 1.29 is 14.7 Å². The van der Waals surface area contributed by atoms with Gasteiger partial charge in [-0.05, 0) is 43.4 Å². The molecule has 22 heavy (non-hydrogen) atoms. The van der Waals surface area contributed by atoms with Crippen LogP contribution in [-0.4, -0.2) is 41.1 Å². The molecule has 0 aliphatic heterocycles. The fourth-order valence-electron chi connectivity index (χ4n) is 2.07. The van der Waals surface area contributed by atoms with Crippen LogP contribution in [0.25, 0.3) is 0 Å². The zero-order valence-electron chi connectivity index (χ0n) is 12.7. The number of aliphatic hydroxyl groups excluding tert-OH is 1. The number of aliphatic hydroxyl groups is 1. The zero-order chi connectivity index (χ0) is 15.9. The number of aryl methyl sites for hydroxylation is 1. The molecule has 2 amide bonds. The number of nitrogens with one attached hydrogen (secondary N) is 2. The molecule has 5 nitrogen and oxygen atoms in total. The second-order valence-electron chi connectivity index (χ2n) is 5.62. The lowest BCUT2D eigenvalue weighted by molar-refractivity contribution is -0.119. The molecule has 1 aromatic rings. The summed E-state index contributed by atoms with van der Waals surface area (Å²) in [5.41, 5.74) is 1.85. The van der Waals surface area contributed by atoms with E-state index in [1.807, 2.05) is 31.2 Å². The van der Waals surface area contributed by atoms with Crippen molar-refractivity contribution >= 4 is 29.3 Å². The van der Waals surface area contributed by atoms with Crippen molar-refractivity contribution in [1.29, 1.82) is 0 Å². The maximum absolute atomic E-state index is 11.8. The molecule has 0 aromatic heterocycles. The highest BCUT2D eigenvalue weighted by molar-refractivity contribution is 8.00. The van der Waals surface area contributed by atoms with E-state index in [0.717, 1.165) is 24.1 Å². The Morgan fingerprint density at radius 3 is 2.73 bits per heavy atom. The summed E-state index contributed by atoms with van der Waals surface area (Å²) in [5, 5.41) is 15.1. The summed E-state index contributed by atoms with van der Waals surface area (Å²) >= 11 is 1.26. The van der Waals surface area contributed by atoms with Crippen molar-refractivity contribution in [3.8, 4) is 0 Å². The van der Waals surface area contributed by atoms with E-state index in [0.29, 0.717) is 12.5 Å². The number of rotatable bonds is 8. The van der Waals surface area contributed by atoms with Gasteiger partial charge in [0.2, 0.25) is 11.8 Å². The van der Waals surface area contributed by atoms with Crippen molar-refractivity contribution in [3.05, 3.63) is 29.8 Å². The Bertz CT molecular complexity index is 532. The summed E-state index contributed by atoms with van der Waals surface area (Å²) < 4.78 is 0. The minimum absolute atomic E-state index is 0.124. The summed E-state index contributed by atoms with van der Waals surface area (Å²) in [6.45, 7) is 2.27. The standard InChI is InChI=1S/C16H22N2O3S/c1-11-3-2-4-13(7-11)18-16(21)10-22-9-15(20)17-8-14(19)12-5-6-12/h2-4,7,12,14,19H,5-6,8-10H2,1H3,(H,17,20)(H,18,21). The van der Waals surface area contributed by atoms with Crippen LogP contribution in [0.2, 0.25) is 0 Å². The van der Waals surface area contributed by atoms with E-state index >= 15 is 0 Å². The molecule has 120 valence electrons. The Labute approximate surface area is 134 Å². The molecule has 1 saturated carbocycles. The summed E-state index contributed by atoms with van der Waals surface area (Å²) in [5.74, 6) is 0.535. The average molecular weight is 322 g/mol. The van der Waals surface area contributed by atoms with Crippen molar-refractivity contribution in [2.24, 2.45) is 5.92 Å². The molecule has 1 aliphatic rings. The predicted molar refractivity (Wildman–Crippen MR) is 88.9 cm³/mol. The van der Waals surface area contributed by atoms with Crippen molar-refractivity contribution in [1.82, 2.24) is 5.32 Å². The van der Waals surface area contributed by atoms with Gasteiger partial charge in [0.15, 0.2) is 0 Å². The summed E-state index contributed by atoms with van der Waals surface area (Å²) in [7, 11) is 0. The molecule has 1 fully saturated rings. The Morgan fingerprint density at radius 2 is 2.05 bits per heavy atom. The van der Waals surface area contributed by atoms with E-state index in [9.17, 15) is 14.7 Å². The molecule has 0 heterocycles. The van der Waals surface area contributed by atoms with Gasteiger partial charge in [0.05, 0.1) is 17.6 Å². The van der Waals surface area contributed by atoms with Crippen LogP contribution in [0.1, 0.15) is 18.4 Å². The van der Waals surface area contributed by atoms with Crippen LogP contribution in [-0.2, 0) is 9.59 Å². The first-order valence-corrected chi connectivity index (χ1v) is 8.59. The highest BCUT2D eigenvalue weighted by Crippen LogP contribution is 2.32. The number of amides is 2. The van der Waals surface area contributed by atoms with Crippen LogP contribution in [0.4, 0.5) is 5.69 Å². The molecule has 0 radical (unpaired) electrons. The van der Waals surface area contributed by atoms with Gasteiger partial charge < -0.3 is 15.7 Å². The fraction of sp³-hybridized carbons (Fsp3) is 0.500. The number of benzene rings is 1. The van der Waals surface area contributed by atoms with Crippen molar-refractivity contribution in [2.45, 2.75) is 25.9 Å². The van der Waals surface area contributed by atoms with Gasteiger partial charge >= 0.3 is 0 Å². The fourth-order valence-corrected chi connectivity index (χ4v) is 2.72. The van der Waals surface area contributed by atoms with Crippen LogP contribution < -0.4 is 10.6 Å². The molecule has 0 bridgehead atoms. The molecule has 1 atom stereocenters. The lowest BCUT2D eigenvalue weighted by atomic mass is 10.2. The SMILES string of the molecule is Cc1cccc(NC(=O)CSCC(=O)NCC(O)C2CC2)c1. The quantitative estimate of drug-likeness (QED) is 0.678. The minimum Gasteiger partial charge on any atom is -0.391 e. The first-order valence-electron chi connectivity index (χ1n) is 7.43. The molecular formula is C16H22N2O3S. The van der Waals surface area contributed by atoms with E-state index in [-0.39, 0.29) is 23.3 Å². The predicted octanol–water partition coefficient (Wildman–Crippen LogP) is 1.55. The topological polar surface area (TPSA) is 78.4 Å². The largest absolute Gasteiger partial charge is 0.391 e. The molecule has 1 aromatic carbocycles. The molecule has 1 aliphatic carbocycles. The summed E-state index contributed by atoms with van der Waals surface area (Å²) in [6, 6.07) is 7.58. The number of hydrogen-bond donors (Lipinski definition) is 3. The second kappa shape index (κ2) is 8.19. The van der Waals surface area contributed by atoms with Gasteiger partial charge in [0, 0.05) is 12.2 Å².